The number of rotatable bonds is 7. The Hall–Kier alpha value is -2.90. The molecule has 0 aliphatic carbocycles. The van der Waals surface area contributed by atoms with Crippen molar-refractivity contribution in [2.24, 2.45) is 0 Å². The van der Waals surface area contributed by atoms with Crippen LogP contribution in [0, 0.1) is 21.4 Å². The summed E-state index contributed by atoms with van der Waals surface area (Å²) in [7, 11) is 0. The van der Waals surface area contributed by atoms with Crippen molar-refractivity contribution < 1.29 is 19.2 Å². The molecular formula is C17H15N3O5S2. The molecule has 1 N–H and O–H groups in total. The van der Waals surface area contributed by atoms with Gasteiger partial charge in [-0.2, -0.15) is 5.26 Å². The highest BCUT2D eigenvalue weighted by Gasteiger charge is 2.23. The fraction of sp³-hybridized carbons (Fsp3) is 0.235. The first-order chi connectivity index (χ1) is 12.8. The Labute approximate surface area is 163 Å². The minimum atomic E-state index is -1.04. The molecule has 0 saturated carbocycles. The summed E-state index contributed by atoms with van der Waals surface area (Å²) in [6.07, 6.45) is -1.04. The number of nitriles is 1. The monoisotopic (exact) mass is 405 g/mol. The fourth-order valence-electron chi connectivity index (χ4n) is 1.93. The summed E-state index contributed by atoms with van der Waals surface area (Å²) in [5.41, 5.74) is 0.305. The minimum Gasteiger partial charge on any atom is -0.452 e. The zero-order valence-corrected chi connectivity index (χ0v) is 16.0. The van der Waals surface area contributed by atoms with Crippen LogP contribution in [0.1, 0.15) is 19.4 Å². The number of thioether (sulfide) groups is 1. The number of hydrogen-bond acceptors (Lipinski definition) is 8. The standard InChI is InChI=1S/C17H15N3O5S2/c1-10(15(21)19-16-12(9-18)7-8-26-16)25-17(22)11(2)27-14-5-3-13(4-6-14)20(23)24/h3-8,10-11H,1-2H3,(H,19,21)/t10-,11+/m0/s1. The number of nitrogens with zero attached hydrogens (tertiary/aromatic N) is 2. The Morgan fingerprint density at radius 2 is 1.96 bits per heavy atom. The molecule has 2 aromatic rings. The average Bonchev–Trinajstić information content (AvgIpc) is 3.09. The normalized spacial score (nSPS) is 12.5. The number of ether oxygens (including phenoxy) is 1. The van der Waals surface area contributed by atoms with Crippen LogP contribution in [0.25, 0.3) is 0 Å². The second kappa shape index (κ2) is 9.16. The SMILES string of the molecule is C[C@H](OC(=O)[C@@H](C)Sc1ccc([N+](=O)[O-])cc1)C(=O)Nc1sccc1C#N. The molecule has 0 bridgehead atoms. The van der Waals surface area contributed by atoms with Crippen LogP contribution in [-0.4, -0.2) is 28.2 Å². The Balaban J connectivity index is 1.90. The van der Waals surface area contributed by atoms with E-state index < -0.39 is 28.2 Å². The van der Waals surface area contributed by atoms with Gasteiger partial charge in [-0.1, -0.05) is 0 Å². The van der Waals surface area contributed by atoms with Gasteiger partial charge >= 0.3 is 5.97 Å². The van der Waals surface area contributed by atoms with Gasteiger partial charge in [0, 0.05) is 17.0 Å². The molecule has 0 aliphatic heterocycles. The van der Waals surface area contributed by atoms with Crippen molar-refractivity contribution in [2.75, 3.05) is 5.32 Å². The van der Waals surface area contributed by atoms with Crippen molar-refractivity contribution in [3.63, 3.8) is 0 Å². The summed E-state index contributed by atoms with van der Waals surface area (Å²) in [5.74, 6) is -1.12. The van der Waals surface area contributed by atoms with Crippen molar-refractivity contribution >= 4 is 45.7 Å². The number of nitrogens with one attached hydrogen (secondary N) is 1. The number of benzene rings is 1. The maximum Gasteiger partial charge on any atom is 0.319 e. The number of nitro benzene ring substituents is 1. The van der Waals surface area contributed by atoms with Crippen LogP contribution >= 0.6 is 23.1 Å². The van der Waals surface area contributed by atoms with E-state index in [2.05, 4.69) is 5.32 Å². The van der Waals surface area contributed by atoms with Crippen molar-refractivity contribution in [1.29, 1.82) is 5.26 Å². The van der Waals surface area contributed by atoms with Gasteiger partial charge in [-0.15, -0.1) is 23.1 Å². The molecule has 10 heteroatoms. The summed E-state index contributed by atoms with van der Waals surface area (Å²) < 4.78 is 5.17. The molecule has 1 heterocycles. The van der Waals surface area contributed by atoms with Gasteiger partial charge in [0.05, 0.1) is 10.5 Å². The molecule has 0 saturated heterocycles. The molecule has 0 spiro atoms. The van der Waals surface area contributed by atoms with Crippen LogP contribution in [0.5, 0.6) is 0 Å². The highest BCUT2D eigenvalue weighted by molar-refractivity contribution is 8.00. The molecule has 0 unspecified atom stereocenters. The van der Waals surface area contributed by atoms with Crippen LogP contribution in [0.15, 0.2) is 40.6 Å². The van der Waals surface area contributed by atoms with Gasteiger partial charge in [0.15, 0.2) is 6.10 Å². The summed E-state index contributed by atoms with van der Waals surface area (Å²) >= 11 is 2.37. The zero-order chi connectivity index (χ0) is 20.0. The molecule has 0 fully saturated rings. The van der Waals surface area contributed by atoms with E-state index in [1.807, 2.05) is 6.07 Å². The zero-order valence-electron chi connectivity index (χ0n) is 14.4. The van der Waals surface area contributed by atoms with Crippen LogP contribution in [0.3, 0.4) is 0 Å². The lowest BCUT2D eigenvalue weighted by Gasteiger charge is -2.16. The number of carbonyl (C=O) groups excluding carboxylic acids is 2. The van der Waals surface area contributed by atoms with Gasteiger partial charge in [-0.3, -0.25) is 19.7 Å². The van der Waals surface area contributed by atoms with Gasteiger partial charge in [-0.05, 0) is 37.4 Å². The summed E-state index contributed by atoms with van der Waals surface area (Å²) in [4.78, 5) is 35.1. The molecule has 2 rings (SSSR count). The third-order valence-electron chi connectivity index (χ3n) is 3.38. The van der Waals surface area contributed by atoms with Crippen LogP contribution in [-0.2, 0) is 14.3 Å². The third-order valence-corrected chi connectivity index (χ3v) is 5.30. The first-order valence-electron chi connectivity index (χ1n) is 7.72. The Morgan fingerprint density at radius 3 is 2.56 bits per heavy atom. The number of carbonyl (C=O) groups is 2. The molecule has 2 atom stereocenters. The van der Waals surface area contributed by atoms with E-state index >= 15 is 0 Å². The van der Waals surface area contributed by atoms with Gasteiger partial charge in [0.1, 0.15) is 16.3 Å². The molecular weight excluding hydrogens is 390 g/mol. The molecule has 1 aromatic carbocycles. The van der Waals surface area contributed by atoms with Crippen molar-refractivity contribution in [3.05, 3.63) is 51.4 Å². The fourth-order valence-corrected chi connectivity index (χ4v) is 3.52. The second-order valence-corrected chi connectivity index (χ2v) is 7.68. The van der Waals surface area contributed by atoms with Gasteiger partial charge < -0.3 is 10.1 Å². The van der Waals surface area contributed by atoms with Crippen LogP contribution < -0.4 is 5.32 Å². The summed E-state index contributed by atoms with van der Waals surface area (Å²) in [6, 6.07) is 9.33. The Morgan fingerprint density at radius 1 is 1.30 bits per heavy atom. The van der Waals surface area contributed by atoms with Crippen molar-refractivity contribution in [1.82, 2.24) is 0 Å². The molecule has 0 aliphatic rings. The Bertz CT molecular complexity index is 889. The molecule has 1 amide bonds. The smallest absolute Gasteiger partial charge is 0.319 e. The van der Waals surface area contributed by atoms with E-state index in [9.17, 15) is 19.7 Å². The number of anilines is 1. The van der Waals surface area contributed by atoms with Crippen molar-refractivity contribution in [2.45, 2.75) is 30.1 Å². The first kappa shape index (κ1) is 20.4. The van der Waals surface area contributed by atoms with Crippen molar-refractivity contribution in [3.8, 4) is 6.07 Å². The lowest BCUT2D eigenvalue weighted by Crippen LogP contribution is -2.32. The van der Waals surface area contributed by atoms with E-state index in [-0.39, 0.29) is 5.69 Å². The molecule has 1 aromatic heterocycles. The molecule has 0 radical (unpaired) electrons. The third kappa shape index (κ3) is 5.54. The van der Waals surface area contributed by atoms with E-state index in [0.717, 1.165) is 0 Å². The number of hydrogen-bond donors (Lipinski definition) is 1. The predicted molar refractivity (Wildman–Crippen MR) is 102 cm³/mol. The number of thiophene rings is 1. The minimum absolute atomic E-state index is 0.0369. The highest BCUT2D eigenvalue weighted by atomic mass is 32.2. The quantitative estimate of drug-likeness (QED) is 0.323. The molecule has 140 valence electrons. The maximum absolute atomic E-state index is 12.2. The summed E-state index contributed by atoms with van der Waals surface area (Å²) in [6.45, 7) is 3.06. The van der Waals surface area contributed by atoms with Crippen LogP contribution in [0.2, 0.25) is 0 Å². The van der Waals surface area contributed by atoms with Gasteiger partial charge in [0.25, 0.3) is 11.6 Å². The molecule has 27 heavy (non-hydrogen) atoms. The number of esters is 1. The lowest BCUT2D eigenvalue weighted by molar-refractivity contribution is -0.384. The Kier molecular flexibility index (Phi) is 6.92. The predicted octanol–water partition coefficient (Wildman–Crippen LogP) is 3.58. The molecule has 8 nitrogen and oxygen atoms in total. The van der Waals surface area contributed by atoms with Crippen LogP contribution in [0.4, 0.5) is 10.7 Å². The van der Waals surface area contributed by atoms with E-state index in [1.54, 1.807) is 30.5 Å². The van der Waals surface area contributed by atoms with E-state index in [0.29, 0.717) is 15.5 Å². The largest absolute Gasteiger partial charge is 0.452 e. The highest BCUT2D eigenvalue weighted by Crippen LogP contribution is 2.26. The van der Waals surface area contributed by atoms with E-state index in [1.165, 1.54) is 42.2 Å². The second-order valence-electron chi connectivity index (χ2n) is 5.35. The number of nitro groups is 1. The first-order valence-corrected chi connectivity index (χ1v) is 9.47. The van der Waals surface area contributed by atoms with Gasteiger partial charge in [-0.25, -0.2) is 0 Å². The lowest BCUT2D eigenvalue weighted by atomic mass is 10.3. The van der Waals surface area contributed by atoms with E-state index in [4.69, 9.17) is 10.00 Å². The summed E-state index contributed by atoms with van der Waals surface area (Å²) in [5, 5.41) is 23.6. The topological polar surface area (TPSA) is 122 Å². The average molecular weight is 405 g/mol. The van der Waals surface area contributed by atoms with Gasteiger partial charge in [0.2, 0.25) is 0 Å². The number of non-ortho nitro benzene ring substituents is 1. The maximum atomic E-state index is 12.2. The number of amides is 1.